The van der Waals surface area contributed by atoms with Crippen LogP contribution in [-0.2, 0) is 118 Å². The Bertz CT molecular complexity index is 5290. The number of benzene rings is 5. The van der Waals surface area contributed by atoms with E-state index in [2.05, 4.69) is 52.8 Å². The van der Waals surface area contributed by atoms with Gasteiger partial charge in [-0.25, -0.2) is 8.78 Å². The number of carboxylic acid groups (broad SMARTS) is 3. The van der Waals surface area contributed by atoms with E-state index in [9.17, 15) is 78.2 Å². The average Bonchev–Trinajstić information content (AvgIpc) is 1.59. The van der Waals surface area contributed by atoms with E-state index in [1.807, 2.05) is 0 Å². The molecule has 18 N–H and O–H groups in total. The monoisotopic (exact) mass is 1880 g/mol. The van der Waals surface area contributed by atoms with Crippen molar-refractivity contribution in [1.29, 1.82) is 0 Å². The van der Waals surface area contributed by atoms with Crippen LogP contribution in [0, 0.1) is 17.6 Å². The predicted molar refractivity (Wildman–Crippen MR) is 477 cm³/mol. The summed E-state index contributed by atoms with van der Waals surface area (Å²) < 4.78 is 29.8. The molecule has 1 aromatic heterocycles. The molecule has 3 aliphatic rings. The highest BCUT2D eigenvalue weighted by Crippen LogP contribution is 2.29. The van der Waals surface area contributed by atoms with E-state index in [0.29, 0.717) is 45.8 Å². The van der Waals surface area contributed by atoms with Crippen molar-refractivity contribution >= 4 is 129 Å². The van der Waals surface area contributed by atoms with Gasteiger partial charge in [-0.05, 0) is 76.9 Å². The van der Waals surface area contributed by atoms with Crippen LogP contribution in [0.5, 0.6) is 5.75 Å². The van der Waals surface area contributed by atoms with E-state index in [-0.39, 0.29) is 36.1 Å². The number of phenols is 1. The third-order valence-corrected chi connectivity index (χ3v) is 24.4. The zero-order chi connectivity index (χ0) is 98.1. The van der Waals surface area contributed by atoms with Gasteiger partial charge >= 0.3 is 17.9 Å². The van der Waals surface area contributed by atoms with E-state index < -0.39 is 310 Å². The summed E-state index contributed by atoms with van der Waals surface area (Å²) in [4.78, 5) is 269. The van der Waals surface area contributed by atoms with Gasteiger partial charge in [-0.15, -0.1) is 11.8 Å². The van der Waals surface area contributed by atoms with Crippen molar-refractivity contribution in [2.24, 2.45) is 11.7 Å². The zero-order valence-electron chi connectivity index (χ0n) is 74.4. The molecule has 0 saturated carbocycles. The Morgan fingerprint density at radius 1 is 0.493 bits per heavy atom. The molecule has 4 heterocycles. The quantitative estimate of drug-likeness (QED) is 0.0344. The molecule has 0 unspecified atom stereocenters. The molecular formula is C91H112F2N16O24S. The van der Waals surface area contributed by atoms with Crippen LogP contribution in [0.3, 0.4) is 0 Å². The maximum absolute atomic E-state index is 15.7. The van der Waals surface area contributed by atoms with E-state index in [1.54, 1.807) is 91.9 Å². The summed E-state index contributed by atoms with van der Waals surface area (Å²) in [6, 6.07) is 6.92. The number of fused-ring (bicyclic) bond motifs is 3. The number of aliphatic hydroxyl groups excluding tert-OH is 2. The number of nitrogens with zero attached hydrogens (tertiary/aromatic N) is 5. The van der Waals surface area contributed by atoms with Crippen LogP contribution in [0.1, 0.15) is 106 Å². The van der Waals surface area contributed by atoms with Gasteiger partial charge in [0.25, 0.3) is 0 Å². The molecule has 40 nitrogen and oxygen atoms in total. The number of unbranched alkanes of at least 4 members (excludes halogenated alkanes) is 1. The number of H-pyrrole nitrogens is 1. The van der Waals surface area contributed by atoms with Crippen LogP contribution < -0.4 is 53.6 Å². The molecule has 3 aliphatic heterocycles. The fraction of sp³-hybridized carbons (Fsp3) is 0.451. The summed E-state index contributed by atoms with van der Waals surface area (Å²) in [5.41, 5.74) is 7.26. The van der Waals surface area contributed by atoms with Gasteiger partial charge in [0.15, 0.2) is 11.6 Å². The lowest BCUT2D eigenvalue weighted by atomic mass is 9.98. The number of aromatic amines is 1. The number of amides is 15. The summed E-state index contributed by atoms with van der Waals surface area (Å²) in [5, 5.41) is 86.7. The maximum Gasteiger partial charge on any atom is 0.305 e. The number of nitrogens with two attached hydrogens (primary N) is 1. The summed E-state index contributed by atoms with van der Waals surface area (Å²) in [6.07, 6.45) is -8.41. The SMILES string of the molecule is CCCC[C@H]1C(=O)N2C[C@H](O)C[C@@H]2C(=O)N[C@@H](CC(=O)O)C(=O)N[C@@H](C(C)C)C(=O)N(C)[C@H](Cc2ccccc2)C(=O)N[C@@H](CC(=O)O)C(=O)N2C[C@H](O)C[C@@H]2C(=O)N[C@@H](Cc2c[nH]c3ccccc23)C(=O)N[C@@H](Cc2ccc(O)cc2)C(=O)N[C@H](CCC(=O)O)C(=O)N[C@H](C(=O)NCC(N)=O)CSCC(=O)N[C@H](Cc2ccc(F)c(F)c2)C(=O)N(C)[C@@H](Cc2ccccc2)C(=O)N1C. The van der Waals surface area contributed by atoms with E-state index in [0.717, 1.165) is 49.7 Å². The highest BCUT2D eigenvalue weighted by atomic mass is 32.2. The minimum atomic E-state index is -2.13. The predicted octanol–water partition coefficient (Wildman–Crippen LogP) is -1.04. The average molecular weight is 1880 g/mol. The highest BCUT2D eigenvalue weighted by molar-refractivity contribution is 8.00. The molecule has 0 bridgehead atoms. The van der Waals surface area contributed by atoms with Gasteiger partial charge < -0.3 is 114 Å². The van der Waals surface area contributed by atoms with E-state index in [1.165, 1.54) is 58.4 Å². The lowest BCUT2D eigenvalue weighted by Gasteiger charge is -2.38. The Hall–Kier alpha value is -14.0. The van der Waals surface area contributed by atoms with Gasteiger partial charge in [0.2, 0.25) is 88.6 Å². The highest BCUT2D eigenvalue weighted by Gasteiger charge is 2.49. The van der Waals surface area contributed by atoms with Crippen molar-refractivity contribution in [2.45, 2.75) is 201 Å². The minimum absolute atomic E-state index is 0.0715. The number of halogens is 2. The lowest BCUT2D eigenvalue weighted by Crippen LogP contribution is -2.62. The van der Waals surface area contributed by atoms with Crippen LogP contribution >= 0.6 is 11.8 Å². The Morgan fingerprint density at radius 3 is 1.57 bits per heavy atom. The molecule has 15 amide bonds. The largest absolute Gasteiger partial charge is 0.508 e. The number of phenolic OH excluding ortho intramolecular Hbond substituents is 1. The molecular weight excluding hydrogens is 1770 g/mol. The number of carbonyl (C=O) groups excluding carboxylic acids is 15. The molecule has 3 saturated heterocycles. The number of para-hydroxylation sites is 1. The Labute approximate surface area is 772 Å². The minimum Gasteiger partial charge on any atom is -0.508 e. The molecule has 5 aromatic carbocycles. The van der Waals surface area contributed by atoms with Gasteiger partial charge in [-0.3, -0.25) is 86.3 Å². The second kappa shape index (κ2) is 48.4. The van der Waals surface area contributed by atoms with Crippen LogP contribution in [0.25, 0.3) is 10.9 Å². The molecule has 3 fully saturated rings. The van der Waals surface area contributed by atoms with Crippen LogP contribution in [0.15, 0.2) is 134 Å². The number of hydrogen-bond acceptors (Lipinski definition) is 22. The Balaban J connectivity index is 1.14. The second-order valence-electron chi connectivity index (χ2n) is 33.6. The molecule has 15 atom stereocenters. The summed E-state index contributed by atoms with van der Waals surface area (Å²) in [6.45, 7) is 2.57. The maximum atomic E-state index is 15.7. The van der Waals surface area contributed by atoms with Gasteiger partial charge in [0.05, 0.1) is 37.3 Å². The van der Waals surface area contributed by atoms with E-state index >= 15 is 47.5 Å². The molecule has 0 spiro atoms. The Morgan fingerprint density at radius 2 is 0.993 bits per heavy atom. The number of likely N-dealkylation sites (N-methyl/N-ethyl adjacent to an activating group) is 3. The van der Waals surface area contributed by atoms with Crippen molar-refractivity contribution in [3.8, 4) is 5.75 Å². The van der Waals surface area contributed by atoms with Crippen molar-refractivity contribution in [1.82, 2.24) is 77.3 Å². The number of aromatic hydroxyl groups is 1. The topological polar surface area (TPSA) is 595 Å². The van der Waals surface area contributed by atoms with Gasteiger partial charge in [-0.1, -0.05) is 131 Å². The fourth-order valence-electron chi connectivity index (χ4n) is 16.1. The molecule has 720 valence electrons. The van der Waals surface area contributed by atoms with Crippen LogP contribution in [0.4, 0.5) is 8.78 Å². The number of thioether (sulfide) groups is 1. The van der Waals surface area contributed by atoms with Crippen molar-refractivity contribution in [2.75, 3.05) is 52.3 Å². The first-order valence-corrected chi connectivity index (χ1v) is 44.6. The lowest BCUT2D eigenvalue weighted by molar-refractivity contribution is -0.152. The van der Waals surface area contributed by atoms with Crippen molar-refractivity contribution in [3.63, 3.8) is 0 Å². The molecule has 0 radical (unpaired) electrons. The first kappa shape index (κ1) is 104. The summed E-state index contributed by atoms with van der Waals surface area (Å²) in [5.74, 6) is -27.1. The zero-order valence-corrected chi connectivity index (χ0v) is 75.2. The second-order valence-corrected chi connectivity index (χ2v) is 34.7. The fourth-order valence-corrected chi connectivity index (χ4v) is 17.0. The number of aromatic nitrogens is 1. The van der Waals surface area contributed by atoms with Crippen molar-refractivity contribution < 1.29 is 126 Å². The number of nitrogens with one attached hydrogen (secondary N) is 10. The van der Waals surface area contributed by atoms with Crippen LogP contribution in [-0.4, -0.2) is 310 Å². The van der Waals surface area contributed by atoms with E-state index in [4.69, 9.17) is 5.73 Å². The van der Waals surface area contributed by atoms with Gasteiger partial charge in [0.1, 0.15) is 84.3 Å². The molecule has 134 heavy (non-hydrogen) atoms. The molecule has 9 rings (SSSR count). The third kappa shape index (κ3) is 28.8. The molecule has 6 aromatic rings. The number of aliphatic hydroxyl groups is 2. The summed E-state index contributed by atoms with van der Waals surface area (Å²) >= 11 is 0.605. The summed E-state index contributed by atoms with van der Waals surface area (Å²) in [7, 11) is 3.56. The standard InChI is InChI=1S/C91H112F2N16O24S/c1-7-8-23-68-90(132)109-45-56(112)39-71(109)86(128)101-64(40-76(117)118)83(125)104-78(48(2)3)91(133)106(5)69(35-49-17-11-9-12-18-49)84(126)102-66(41-77(119)120)88(130)108-44-55(111)38-70(108)85(127)100-63(37-53-42-95-60-22-16-15-21-57(53)60)82(124)99-62(33-51-24-27-54(110)28-25-51)81(123)98-61(30-31-75(115)116)80(122)103-67(79(121)96-43-73(94)113)46-134-47-74(114)97-65(34-52-26-29-58(92)59(93)32-52)87(129)107(6)72(89(131)105(68)4)36-50-19-13-10-14-20-50/h9-22,24-29,32,42,48,55-56,61-72,78,95,110-112H,7-8,23,30-31,33-41,43-47H2,1-6H3,(H2,94,113)(H,96,121)(H,97,114)(H,98,123)(H,99,124)(H,100,127)(H,101,128)(H,102,126)(H,103,122)(H,104,125)(H,115,116)(H,117,118)(H,119,120)/t55-,56-,61-,62+,63+,64+,65-,66+,67+,68+,69-,70-,71-,72+,78+/m1/s1. The number of rotatable bonds is 24. The van der Waals surface area contributed by atoms with Gasteiger partial charge in [-0.2, -0.15) is 0 Å². The van der Waals surface area contributed by atoms with Gasteiger partial charge in [0, 0.05) is 108 Å². The first-order chi connectivity index (χ1) is 63.6. The molecule has 43 heteroatoms. The molecule has 0 aliphatic carbocycles. The number of primary amides is 1. The normalized spacial score (nSPS) is 24.5. The first-order valence-electron chi connectivity index (χ1n) is 43.4. The number of hydrogen-bond donors (Lipinski definition) is 17. The van der Waals surface area contributed by atoms with Crippen molar-refractivity contribution in [3.05, 3.63) is 173 Å². The van der Waals surface area contributed by atoms with Crippen LogP contribution in [0.2, 0.25) is 0 Å². The number of aliphatic carboxylic acids is 3. The number of carbonyl (C=O) groups is 18. The third-order valence-electron chi connectivity index (χ3n) is 23.3. The Kier molecular flexibility index (Phi) is 37.5. The number of carboxylic acids is 3. The smallest absolute Gasteiger partial charge is 0.305 e.